The summed E-state index contributed by atoms with van der Waals surface area (Å²) in [6, 6.07) is 16.8. The van der Waals surface area contributed by atoms with Gasteiger partial charge in [-0.05, 0) is 47.4 Å². The third-order valence-electron chi connectivity index (χ3n) is 4.97. The summed E-state index contributed by atoms with van der Waals surface area (Å²) in [5.41, 5.74) is 7.94. The molecule has 0 aliphatic carbocycles. The first-order valence-corrected chi connectivity index (χ1v) is 10.1. The number of hydrazone groups is 1. The normalized spacial score (nSPS) is 16.5. The number of hydrogen-bond acceptors (Lipinski definition) is 5. The van der Waals surface area contributed by atoms with Crippen LogP contribution in [0.4, 0.5) is 4.39 Å². The van der Waals surface area contributed by atoms with Crippen LogP contribution in [-0.2, 0) is 7.05 Å². The number of para-hydroxylation sites is 1. The van der Waals surface area contributed by atoms with Crippen LogP contribution in [0.25, 0.3) is 27.5 Å². The quantitative estimate of drug-likeness (QED) is 0.392. The number of hydrogen-bond donors (Lipinski definition) is 2. The van der Waals surface area contributed by atoms with Crippen LogP contribution in [0.3, 0.4) is 0 Å². The summed E-state index contributed by atoms with van der Waals surface area (Å²) >= 11 is 1.58. The van der Waals surface area contributed by atoms with Crippen molar-refractivity contribution in [3.8, 4) is 0 Å². The van der Waals surface area contributed by atoms with Gasteiger partial charge >= 0.3 is 0 Å². The number of fused-ring (bicyclic) bond motifs is 3. The monoisotopic (exact) mass is 403 g/mol. The average molecular weight is 403 g/mol. The van der Waals surface area contributed by atoms with Crippen LogP contribution in [0.2, 0.25) is 0 Å². The van der Waals surface area contributed by atoms with Crippen molar-refractivity contribution in [1.29, 1.82) is 0 Å². The molecule has 0 fully saturated rings. The first-order chi connectivity index (χ1) is 14.2. The van der Waals surface area contributed by atoms with E-state index in [2.05, 4.69) is 50.6 Å². The van der Waals surface area contributed by atoms with Gasteiger partial charge in [0.1, 0.15) is 5.82 Å². The van der Waals surface area contributed by atoms with Crippen molar-refractivity contribution in [2.75, 3.05) is 0 Å². The van der Waals surface area contributed by atoms with Crippen LogP contribution < -0.4 is 10.7 Å². The zero-order valence-corrected chi connectivity index (χ0v) is 16.4. The van der Waals surface area contributed by atoms with E-state index in [4.69, 9.17) is 0 Å². The van der Waals surface area contributed by atoms with Crippen molar-refractivity contribution in [3.05, 3.63) is 83.3 Å². The molecule has 0 saturated heterocycles. The van der Waals surface area contributed by atoms with E-state index in [-0.39, 0.29) is 11.3 Å². The van der Waals surface area contributed by atoms with Crippen LogP contribution in [0.1, 0.15) is 11.3 Å². The molecule has 2 N–H and O–H groups in total. The molecule has 7 heteroatoms. The number of aromatic nitrogens is 2. The smallest absolute Gasteiger partial charge is 0.165 e. The number of rotatable bonds is 4. The van der Waals surface area contributed by atoms with Crippen LogP contribution in [-0.4, -0.2) is 21.3 Å². The summed E-state index contributed by atoms with van der Waals surface area (Å²) in [4.78, 5) is 4.51. The van der Waals surface area contributed by atoms with Crippen LogP contribution in [0.15, 0.2) is 71.3 Å². The highest BCUT2D eigenvalue weighted by molar-refractivity contribution is 8.03. The molecule has 2 aromatic carbocycles. The van der Waals surface area contributed by atoms with E-state index in [1.807, 2.05) is 23.7 Å². The van der Waals surface area contributed by atoms with Gasteiger partial charge in [0, 0.05) is 23.3 Å². The van der Waals surface area contributed by atoms with Crippen molar-refractivity contribution in [2.24, 2.45) is 12.1 Å². The maximum Gasteiger partial charge on any atom is 0.165 e. The maximum absolute atomic E-state index is 13.1. The van der Waals surface area contributed by atoms with Crippen molar-refractivity contribution in [1.82, 2.24) is 20.3 Å². The van der Waals surface area contributed by atoms with Gasteiger partial charge in [-0.3, -0.25) is 10.4 Å². The molecule has 1 aliphatic rings. The zero-order chi connectivity index (χ0) is 19.8. The predicted molar refractivity (Wildman–Crippen MR) is 118 cm³/mol. The minimum atomic E-state index is -0.241. The summed E-state index contributed by atoms with van der Waals surface area (Å²) in [6.45, 7) is 0. The van der Waals surface area contributed by atoms with E-state index in [9.17, 15) is 4.39 Å². The van der Waals surface area contributed by atoms with Crippen LogP contribution in [0.5, 0.6) is 0 Å². The molecule has 29 heavy (non-hydrogen) atoms. The molecule has 3 heterocycles. The molecule has 5 nitrogen and oxygen atoms in total. The van der Waals surface area contributed by atoms with Gasteiger partial charge in [0.25, 0.3) is 0 Å². The molecule has 144 valence electrons. The molecule has 0 bridgehead atoms. The average Bonchev–Trinajstić information content (AvgIpc) is 3.33. The summed E-state index contributed by atoms with van der Waals surface area (Å²) in [5.74, 6) is -0.241. The Bertz CT molecular complexity index is 1260. The summed E-state index contributed by atoms with van der Waals surface area (Å²) in [5, 5.41) is 12.0. The molecule has 0 saturated carbocycles. The van der Waals surface area contributed by atoms with E-state index in [0.29, 0.717) is 0 Å². The van der Waals surface area contributed by atoms with E-state index in [1.54, 1.807) is 30.1 Å². The number of halogens is 1. The predicted octanol–water partition coefficient (Wildman–Crippen LogP) is 4.41. The second-order valence-corrected chi connectivity index (χ2v) is 7.77. The van der Waals surface area contributed by atoms with Gasteiger partial charge in [-0.1, -0.05) is 30.0 Å². The SMILES string of the molecule is Cn1c2ccccc2c2cc(/C=N/NC3NC(c4ccc(F)cc4)=CS3)ncc21. The number of nitrogens with zero attached hydrogens (tertiary/aromatic N) is 3. The molecule has 1 atom stereocenters. The second kappa shape index (κ2) is 7.25. The molecule has 1 aliphatic heterocycles. The number of nitrogens with one attached hydrogen (secondary N) is 2. The van der Waals surface area contributed by atoms with E-state index >= 15 is 0 Å². The van der Waals surface area contributed by atoms with E-state index in [1.165, 1.54) is 23.0 Å². The Labute approximate surface area is 171 Å². The Hall–Kier alpha value is -3.32. The lowest BCUT2D eigenvalue weighted by Gasteiger charge is -2.12. The maximum atomic E-state index is 13.1. The second-order valence-electron chi connectivity index (χ2n) is 6.79. The molecule has 0 spiro atoms. The summed E-state index contributed by atoms with van der Waals surface area (Å²) < 4.78 is 15.2. The number of thioether (sulfide) groups is 1. The van der Waals surface area contributed by atoms with Gasteiger partial charge in [0.05, 0.1) is 29.3 Å². The van der Waals surface area contributed by atoms with Gasteiger partial charge in [-0.25, -0.2) is 4.39 Å². The molecule has 2 aromatic heterocycles. The molecule has 4 aromatic rings. The number of pyridine rings is 1. The largest absolute Gasteiger partial charge is 0.355 e. The fourth-order valence-electron chi connectivity index (χ4n) is 3.50. The molecule has 0 amide bonds. The number of benzene rings is 2. The third-order valence-corrected chi connectivity index (χ3v) is 5.84. The lowest BCUT2D eigenvalue weighted by molar-refractivity contribution is 0.627. The zero-order valence-electron chi connectivity index (χ0n) is 15.6. The van der Waals surface area contributed by atoms with E-state index < -0.39 is 0 Å². The van der Waals surface area contributed by atoms with Crippen LogP contribution >= 0.6 is 11.8 Å². The Kier molecular flexibility index (Phi) is 4.44. The lowest BCUT2D eigenvalue weighted by Crippen LogP contribution is -2.31. The van der Waals surface area contributed by atoms with Gasteiger partial charge in [0.15, 0.2) is 5.50 Å². The van der Waals surface area contributed by atoms with Crippen molar-refractivity contribution >= 4 is 45.5 Å². The highest BCUT2D eigenvalue weighted by Gasteiger charge is 2.16. The van der Waals surface area contributed by atoms with Gasteiger partial charge in [0.2, 0.25) is 0 Å². The first kappa shape index (κ1) is 17.8. The minimum absolute atomic E-state index is 0.0902. The Morgan fingerprint density at radius 3 is 2.83 bits per heavy atom. The molecular weight excluding hydrogens is 385 g/mol. The van der Waals surface area contributed by atoms with Crippen molar-refractivity contribution in [3.63, 3.8) is 0 Å². The Balaban J connectivity index is 1.29. The topological polar surface area (TPSA) is 54.2 Å². The standard InChI is InChI=1S/C22H18FN5S/c1-28-20-5-3-2-4-17(20)18-10-16(24-12-21(18)28)11-25-27-22-26-19(13-29-22)14-6-8-15(23)9-7-14/h2-13,22,26-27H,1H3/b25-11+. The van der Waals surface area contributed by atoms with Gasteiger partial charge < -0.3 is 9.88 Å². The van der Waals surface area contributed by atoms with Crippen molar-refractivity contribution in [2.45, 2.75) is 5.50 Å². The Morgan fingerprint density at radius 1 is 1.14 bits per heavy atom. The van der Waals surface area contributed by atoms with E-state index in [0.717, 1.165) is 27.9 Å². The molecule has 0 radical (unpaired) electrons. The number of aryl methyl sites for hydroxylation is 1. The minimum Gasteiger partial charge on any atom is -0.355 e. The fourth-order valence-corrected chi connectivity index (χ4v) is 4.29. The molecule has 1 unspecified atom stereocenters. The first-order valence-electron chi connectivity index (χ1n) is 9.19. The van der Waals surface area contributed by atoms with Crippen LogP contribution in [0, 0.1) is 5.82 Å². The van der Waals surface area contributed by atoms with Gasteiger partial charge in [-0.15, -0.1) is 0 Å². The highest BCUT2D eigenvalue weighted by Crippen LogP contribution is 2.28. The lowest BCUT2D eigenvalue weighted by atomic mass is 10.2. The van der Waals surface area contributed by atoms with Crippen molar-refractivity contribution < 1.29 is 4.39 Å². The summed E-state index contributed by atoms with van der Waals surface area (Å²) in [7, 11) is 2.05. The summed E-state index contributed by atoms with van der Waals surface area (Å²) in [6.07, 6.45) is 3.60. The van der Waals surface area contributed by atoms with Gasteiger partial charge in [-0.2, -0.15) is 5.10 Å². The third kappa shape index (κ3) is 3.34. The highest BCUT2D eigenvalue weighted by atomic mass is 32.2. The molecule has 5 rings (SSSR count). The fraction of sp³-hybridized carbons (Fsp3) is 0.0909. The Morgan fingerprint density at radius 2 is 1.97 bits per heavy atom. The molecular formula is C22H18FN5S.